The number of allylic oxidation sites excluding steroid dienone is 1. The van der Waals surface area contributed by atoms with Crippen molar-refractivity contribution in [3.63, 3.8) is 0 Å². The van der Waals surface area contributed by atoms with Gasteiger partial charge in [0.1, 0.15) is 11.5 Å². The lowest BCUT2D eigenvalue weighted by atomic mass is 9.94. The van der Waals surface area contributed by atoms with Gasteiger partial charge in [-0.3, -0.25) is 4.79 Å². The second-order valence-electron chi connectivity index (χ2n) is 5.89. The zero-order valence-corrected chi connectivity index (χ0v) is 13.3. The topological polar surface area (TPSA) is 26.3 Å². The molecule has 0 amide bonds. The normalized spacial score (nSPS) is 12.3. The molecule has 2 heteroatoms. The Hall–Kier alpha value is -3.13. The van der Waals surface area contributed by atoms with E-state index in [9.17, 15) is 4.79 Å². The highest BCUT2D eigenvalue weighted by atomic mass is 16.5. The molecule has 2 nitrogen and oxygen atoms in total. The predicted octanol–water partition coefficient (Wildman–Crippen LogP) is 5.52. The van der Waals surface area contributed by atoms with Crippen molar-refractivity contribution in [3.05, 3.63) is 95.1 Å². The molecule has 0 radical (unpaired) electrons. The van der Waals surface area contributed by atoms with Gasteiger partial charge in [0.25, 0.3) is 0 Å². The Kier molecular flexibility index (Phi) is 3.51. The van der Waals surface area contributed by atoms with Crippen LogP contribution in [0.4, 0.5) is 0 Å². The highest BCUT2D eigenvalue weighted by molar-refractivity contribution is 6.33. The smallest absolute Gasteiger partial charge is 0.193 e. The highest BCUT2D eigenvalue weighted by Gasteiger charge is 2.22. The van der Waals surface area contributed by atoms with Crippen LogP contribution in [0.15, 0.2) is 72.8 Å². The number of hydrogen-bond acceptors (Lipinski definition) is 2. The molecule has 0 N–H and O–H groups in total. The monoisotopic (exact) mass is 312 g/mol. The van der Waals surface area contributed by atoms with Crippen molar-refractivity contribution in [2.45, 2.75) is 6.92 Å². The maximum Gasteiger partial charge on any atom is 0.193 e. The zero-order chi connectivity index (χ0) is 16.5. The zero-order valence-electron chi connectivity index (χ0n) is 13.3. The number of hydrogen-bond donors (Lipinski definition) is 0. The molecule has 0 aromatic heterocycles. The largest absolute Gasteiger partial charge is 0.456 e. The number of benzene rings is 3. The number of para-hydroxylation sites is 2. The summed E-state index contributed by atoms with van der Waals surface area (Å²) in [5.74, 6) is 1.47. The minimum atomic E-state index is 0.00255. The average molecular weight is 312 g/mol. The quantitative estimate of drug-likeness (QED) is 0.582. The summed E-state index contributed by atoms with van der Waals surface area (Å²) in [5.41, 5.74) is 4.19. The molecule has 0 bridgehead atoms. The van der Waals surface area contributed by atoms with Gasteiger partial charge in [-0.1, -0.05) is 66.2 Å². The van der Waals surface area contributed by atoms with Gasteiger partial charge in [-0.15, -0.1) is 0 Å². The van der Waals surface area contributed by atoms with Crippen LogP contribution >= 0.6 is 0 Å². The average Bonchev–Trinajstić information content (AvgIpc) is 2.78. The first-order valence-corrected chi connectivity index (χ1v) is 7.92. The van der Waals surface area contributed by atoms with E-state index in [2.05, 4.69) is 0 Å². The Morgan fingerprint density at radius 2 is 1.46 bits per heavy atom. The number of Topliss-reactive ketones (excluding diaryl/α,β-unsaturated/α-hetero) is 1. The van der Waals surface area contributed by atoms with Crippen LogP contribution in [-0.2, 0) is 0 Å². The van der Waals surface area contributed by atoms with Crippen LogP contribution < -0.4 is 4.74 Å². The lowest BCUT2D eigenvalue weighted by molar-refractivity contribution is 0.105. The molecule has 3 aromatic rings. The minimum Gasteiger partial charge on any atom is -0.456 e. The van der Waals surface area contributed by atoms with Gasteiger partial charge in [-0.25, -0.2) is 0 Å². The van der Waals surface area contributed by atoms with E-state index in [-0.39, 0.29) is 5.78 Å². The number of aryl methyl sites for hydroxylation is 1. The minimum absolute atomic E-state index is 0.00255. The molecule has 1 aliphatic heterocycles. The number of ketones is 1. The van der Waals surface area contributed by atoms with Crippen LogP contribution in [0.2, 0.25) is 0 Å². The van der Waals surface area contributed by atoms with E-state index in [4.69, 9.17) is 4.74 Å². The summed E-state index contributed by atoms with van der Waals surface area (Å²) in [6.45, 7) is 2.01. The molecule has 0 unspecified atom stereocenters. The van der Waals surface area contributed by atoms with Crippen molar-refractivity contribution in [1.82, 2.24) is 0 Å². The van der Waals surface area contributed by atoms with E-state index in [1.807, 2.05) is 85.8 Å². The van der Waals surface area contributed by atoms with Gasteiger partial charge in [0.2, 0.25) is 0 Å². The first-order valence-electron chi connectivity index (χ1n) is 7.92. The van der Waals surface area contributed by atoms with Gasteiger partial charge in [-0.2, -0.15) is 0 Å². The Bertz CT molecular complexity index is 950. The first-order chi connectivity index (χ1) is 11.7. The Morgan fingerprint density at radius 1 is 0.792 bits per heavy atom. The molecular weight excluding hydrogens is 296 g/mol. The molecule has 1 heterocycles. The molecule has 0 saturated heterocycles. The molecule has 3 aromatic carbocycles. The van der Waals surface area contributed by atoms with E-state index in [0.717, 1.165) is 22.4 Å². The molecular formula is C22H16O2. The predicted molar refractivity (Wildman–Crippen MR) is 96.3 cm³/mol. The van der Waals surface area contributed by atoms with Crippen molar-refractivity contribution < 1.29 is 9.53 Å². The number of rotatable bonds is 2. The van der Waals surface area contributed by atoms with Crippen molar-refractivity contribution in [3.8, 4) is 11.5 Å². The van der Waals surface area contributed by atoms with Crippen LogP contribution in [0.1, 0.15) is 27.0 Å². The Morgan fingerprint density at radius 3 is 2.25 bits per heavy atom. The molecule has 4 rings (SSSR count). The van der Waals surface area contributed by atoms with E-state index in [1.165, 1.54) is 0 Å². The van der Waals surface area contributed by atoms with E-state index in [0.29, 0.717) is 16.9 Å². The number of carbonyl (C=O) groups is 1. The second kappa shape index (κ2) is 5.82. The molecule has 0 spiro atoms. The SMILES string of the molecule is Cc1ccc(C(=O)C2=Cc3ccccc3Oc3ccccc32)cc1. The van der Waals surface area contributed by atoms with Gasteiger partial charge in [0.05, 0.1) is 0 Å². The fourth-order valence-electron chi connectivity index (χ4n) is 2.87. The van der Waals surface area contributed by atoms with Crippen LogP contribution in [0, 0.1) is 6.92 Å². The maximum absolute atomic E-state index is 13.1. The van der Waals surface area contributed by atoms with Crippen LogP contribution in [0.25, 0.3) is 11.6 Å². The molecule has 0 fully saturated rings. The van der Waals surface area contributed by atoms with E-state index >= 15 is 0 Å². The molecule has 1 aliphatic rings. The van der Waals surface area contributed by atoms with Crippen molar-refractivity contribution in [2.24, 2.45) is 0 Å². The standard InChI is InChI=1S/C22H16O2/c1-15-10-12-16(13-11-15)22(23)19-14-17-6-2-4-8-20(17)24-21-9-5-3-7-18(19)21/h2-14H,1H3. The summed E-state index contributed by atoms with van der Waals surface area (Å²) in [7, 11) is 0. The molecule has 0 atom stereocenters. The number of carbonyl (C=O) groups excluding carboxylic acids is 1. The Balaban J connectivity index is 1.90. The summed E-state index contributed by atoms with van der Waals surface area (Å²) in [6, 6.07) is 23.1. The summed E-state index contributed by atoms with van der Waals surface area (Å²) >= 11 is 0. The van der Waals surface area contributed by atoms with Gasteiger partial charge in [0, 0.05) is 22.3 Å². The van der Waals surface area contributed by atoms with E-state index in [1.54, 1.807) is 0 Å². The fraction of sp³-hybridized carbons (Fsp3) is 0.0455. The molecule has 24 heavy (non-hydrogen) atoms. The van der Waals surface area contributed by atoms with Gasteiger partial charge >= 0.3 is 0 Å². The summed E-state index contributed by atoms with van der Waals surface area (Å²) < 4.78 is 6.03. The molecule has 0 aliphatic carbocycles. The summed E-state index contributed by atoms with van der Waals surface area (Å²) in [5, 5.41) is 0. The van der Waals surface area contributed by atoms with Crippen molar-refractivity contribution in [2.75, 3.05) is 0 Å². The van der Waals surface area contributed by atoms with Gasteiger partial charge in [-0.05, 0) is 25.1 Å². The third-order valence-corrected chi connectivity index (χ3v) is 4.17. The summed E-state index contributed by atoms with van der Waals surface area (Å²) in [6.07, 6.45) is 1.92. The Labute approximate surface area is 141 Å². The molecule has 0 saturated carbocycles. The lowest BCUT2D eigenvalue weighted by Crippen LogP contribution is -2.03. The summed E-state index contributed by atoms with van der Waals surface area (Å²) in [4.78, 5) is 13.1. The number of ether oxygens (including phenoxy) is 1. The first kappa shape index (κ1) is 14.5. The maximum atomic E-state index is 13.1. The number of fused-ring (bicyclic) bond motifs is 2. The highest BCUT2D eigenvalue weighted by Crippen LogP contribution is 2.38. The molecule has 116 valence electrons. The van der Waals surface area contributed by atoms with Crippen LogP contribution in [-0.4, -0.2) is 5.78 Å². The van der Waals surface area contributed by atoms with E-state index < -0.39 is 0 Å². The third-order valence-electron chi connectivity index (χ3n) is 4.17. The van der Waals surface area contributed by atoms with Crippen molar-refractivity contribution >= 4 is 17.4 Å². The van der Waals surface area contributed by atoms with Gasteiger partial charge < -0.3 is 4.74 Å². The second-order valence-corrected chi connectivity index (χ2v) is 5.89. The van der Waals surface area contributed by atoms with Crippen molar-refractivity contribution in [1.29, 1.82) is 0 Å². The fourth-order valence-corrected chi connectivity index (χ4v) is 2.87. The lowest BCUT2D eigenvalue weighted by Gasteiger charge is -2.10. The van der Waals surface area contributed by atoms with Crippen LogP contribution in [0.5, 0.6) is 11.5 Å². The van der Waals surface area contributed by atoms with Crippen LogP contribution in [0.3, 0.4) is 0 Å². The third kappa shape index (κ3) is 2.52. The van der Waals surface area contributed by atoms with Gasteiger partial charge in [0.15, 0.2) is 5.78 Å².